The molecule has 0 radical (unpaired) electrons. The average molecular weight is 238 g/mol. The first-order valence-corrected chi connectivity index (χ1v) is 5.94. The van der Waals surface area contributed by atoms with Crippen LogP contribution in [0.2, 0.25) is 0 Å². The second-order valence-electron chi connectivity index (χ2n) is 3.47. The van der Waals surface area contributed by atoms with Gasteiger partial charge in [-0.1, -0.05) is 11.4 Å². The lowest BCUT2D eigenvalue weighted by atomic mass is 10.1. The molecule has 0 amide bonds. The SMILES string of the molecule is CCCn1cc(C(NN)c2csnn2)cn1. The van der Waals surface area contributed by atoms with Crippen LogP contribution in [0.1, 0.15) is 30.6 Å². The molecule has 0 aliphatic carbocycles. The number of aromatic nitrogens is 4. The molecule has 0 saturated heterocycles. The van der Waals surface area contributed by atoms with Crippen molar-refractivity contribution in [2.24, 2.45) is 5.84 Å². The normalized spacial score (nSPS) is 12.9. The van der Waals surface area contributed by atoms with Gasteiger partial charge in [-0.05, 0) is 18.0 Å². The van der Waals surface area contributed by atoms with Gasteiger partial charge in [0.15, 0.2) is 0 Å². The summed E-state index contributed by atoms with van der Waals surface area (Å²) in [4.78, 5) is 0. The molecule has 0 spiro atoms. The van der Waals surface area contributed by atoms with E-state index in [9.17, 15) is 0 Å². The van der Waals surface area contributed by atoms with Gasteiger partial charge in [-0.25, -0.2) is 5.43 Å². The minimum absolute atomic E-state index is 0.135. The molecule has 7 heteroatoms. The van der Waals surface area contributed by atoms with Crippen molar-refractivity contribution in [1.82, 2.24) is 24.8 Å². The zero-order valence-electron chi connectivity index (χ0n) is 9.00. The fraction of sp³-hybridized carbons (Fsp3) is 0.444. The molecule has 3 N–H and O–H groups in total. The van der Waals surface area contributed by atoms with E-state index in [2.05, 4.69) is 27.0 Å². The second-order valence-corrected chi connectivity index (χ2v) is 4.08. The summed E-state index contributed by atoms with van der Waals surface area (Å²) in [5.74, 6) is 5.53. The molecule has 1 atom stereocenters. The van der Waals surface area contributed by atoms with E-state index in [4.69, 9.17) is 5.84 Å². The first-order valence-electron chi connectivity index (χ1n) is 5.10. The quantitative estimate of drug-likeness (QED) is 0.592. The number of nitrogens with two attached hydrogens (primary N) is 1. The molecule has 0 aliphatic rings. The van der Waals surface area contributed by atoms with Crippen LogP contribution in [0.25, 0.3) is 0 Å². The van der Waals surface area contributed by atoms with Crippen LogP contribution >= 0.6 is 11.5 Å². The highest BCUT2D eigenvalue weighted by Gasteiger charge is 2.16. The molecule has 0 fully saturated rings. The zero-order chi connectivity index (χ0) is 11.4. The maximum atomic E-state index is 5.53. The van der Waals surface area contributed by atoms with E-state index in [0.717, 1.165) is 24.2 Å². The van der Waals surface area contributed by atoms with Crippen LogP contribution in [0.5, 0.6) is 0 Å². The standard InChI is InChI=1S/C9H14N6S/c1-2-3-15-5-7(4-11-15)9(12-10)8-6-16-14-13-8/h4-6,9,12H,2-3,10H2,1H3. The number of hydrogen-bond acceptors (Lipinski definition) is 6. The molecular formula is C9H14N6S. The van der Waals surface area contributed by atoms with Gasteiger partial charge in [-0.3, -0.25) is 10.5 Å². The number of nitrogens with one attached hydrogen (secondary N) is 1. The maximum Gasteiger partial charge on any atom is 0.0984 e. The van der Waals surface area contributed by atoms with E-state index in [0.29, 0.717) is 0 Å². The maximum absolute atomic E-state index is 5.53. The number of rotatable bonds is 5. The largest absolute Gasteiger partial charge is 0.272 e. The van der Waals surface area contributed by atoms with Crippen molar-refractivity contribution in [2.45, 2.75) is 25.9 Å². The van der Waals surface area contributed by atoms with Crippen molar-refractivity contribution in [3.8, 4) is 0 Å². The molecule has 0 saturated carbocycles. The minimum Gasteiger partial charge on any atom is -0.272 e. The van der Waals surface area contributed by atoms with Crippen LogP contribution in [0.3, 0.4) is 0 Å². The highest BCUT2D eigenvalue weighted by molar-refractivity contribution is 7.03. The van der Waals surface area contributed by atoms with Crippen LogP contribution in [0.4, 0.5) is 0 Å². The third kappa shape index (κ3) is 2.26. The minimum atomic E-state index is -0.135. The summed E-state index contributed by atoms with van der Waals surface area (Å²) >= 11 is 1.31. The molecule has 86 valence electrons. The molecule has 16 heavy (non-hydrogen) atoms. The Morgan fingerprint density at radius 1 is 1.62 bits per heavy atom. The number of hydrogen-bond donors (Lipinski definition) is 2. The third-order valence-corrected chi connectivity index (χ3v) is 2.80. The van der Waals surface area contributed by atoms with Crippen molar-refractivity contribution >= 4 is 11.5 Å². The Hall–Kier alpha value is -1.31. The van der Waals surface area contributed by atoms with Crippen molar-refractivity contribution in [3.63, 3.8) is 0 Å². The fourth-order valence-electron chi connectivity index (χ4n) is 1.53. The molecule has 6 nitrogen and oxygen atoms in total. The van der Waals surface area contributed by atoms with Crippen molar-refractivity contribution < 1.29 is 0 Å². The van der Waals surface area contributed by atoms with Crippen LogP contribution in [-0.4, -0.2) is 19.4 Å². The predicted octanol–water partition coefficient (Wildman–Crippen LogP) is 0.697. The van der Waals surface area contributed by atoms with E-state index < -0.39 is 0 Å². The number of hydrazine groups is 1. The van der Waals surface area contributed by atoms with Gasteiger partial charge in [0.25, 0.3) is 0 Å². The van der Waals surface area contributed by atoms with Crippen LogP contribution < -0.4 is 11.3 Å². The lowest BCUT2D eigenvalue weighted by Crippen LogP contribution is -2.28. The van der Waals surface area contributed by atoms with Crippen LogP contribution in [0.15, 0.2) is 17.8 Å². The monoisotopic (exact) mass is 238 g/mol. The second kappa shape index (κ2) is 5.15. The third-order valence-electron chi connectivity index (χ3n) is 2.28. The van der Waals surface area contributed by atoms with E-state index in [1.807, 2.05) is 16.3 Å². The summed E-state index contributed by atoms with van der Waals surface area (Å²) in [5.41, 5.74) is 4.55. The first kappa shape index (κ1) is 11.2. The summed E-state index contributed by atoms with van der Waals surface area (Å²) in [6, 6.07) is -0.135. The summed E-state index contributed by atoms with van der Waals surface area (Å²) in [7, 11) is 0. The summed E-state index contributed by atoms with van der Waals surface area (Å²) in [6.07, 6.45) is 4.84. The Bertz CT molecular complexity index is 423. The fourth-order valence-corrected chi connectivity index (χ4v) is 2.01. The summed E-state index contributed by atoms with van der Waals surface area (Å²) < 4.78 is 5.73. The molecule has 0 bridgehead atoms. The molecule has 1 unspecified atom stereocenters. The Labute approximate surface area is 97.6 Å². The molecule has 2 rings (SSSR count). The lowest BCUT2D eigenvalue weighted by Gasteiger charge is -2.09. The highest BCUT2D eigenvalue weighted by Crippen LogP contribution is 2.19. The lowest BCUT2D eigenvalue weighted by molar-refractivity contribution is 0.595. The van der Waals surface area contributed by atoms with Gasteiger partial charge < -0.3 is 0 Å². The Kier molecular flexibility index (Phi) is 3.60. The number of nitrogens with zero attached hydrogens (tertiary/aromatic N) is 4. The van der Waals surface area contributed by atoms with Gasteiger partial charge in [0.05, 0.1) is 17.9 Å². The molecule has 2 heterocycles. The van der Waals surface area contributed by atoms with Gasteiger partial charge in [0, 0.05) is 23.7 Å². The molecular weight excluding hydrogens is 224 g/mol. The van der Waals surface area contributed by atoms with E-state index in [1.54, 1.807) is 6.20 Å². The topological polar surface area (TPSA) is 81.7 Å². The summed E-state index contributed by atoms with van der Waals surface area (Å²) in [6.45, 7) is 3.02. The van der Waals surface area contributed by atoms with E-state index >= 15 is 0 Å². The van der Waals surface area contributed by atoms with Gasteiger partial charge in [0.1, 0.15) is 0 Å². The van der Waals surface area contributed by atoms with Crippen molar-refractivity contribution in [3.05, 3.63) is 29.0 Å². The van der Waals surface area contributed by atoms with Gasteiger partial charge >= 0.3 is 0 Å². The highest BCUT2D eigenvalue weighted by atomic mass is 32.1. The van der Waals surface area contributed by atoms with Crippen LogP contribution in [0, 0.1) is 0 Å². The van der Waals surface area contributed by atoms with E-state index in [1.165, 1.54) is 11.5 Å². The molecule has 2 aromatic heterocycles. The summed E-state index contributed by atoms with van der Waals surface area (Å²) in [5, 5.41) is 10.1. The average Bonchev–Trinajstić information content (AvgIpc) is 2.92. The molecule has 0 aromatic carbocycles. The van der Waals surface area contributed by atoms with E-state index in [-0.39, 0.29) is 6.04 Å². The Balaban J connectivity index is 2.20. The van der Waals surface area contributed by atoms with Crippen molar-refractivity contribution in [1.29, 1.82) is 0 Å². The van der Waals surface area contributed by atoms with Gasteiger partial charge in [-0.2, -0.15) is 5.10 Å². The molecule has 0 aliphatic heterocycles. The van der Waals surface area contributed by atoms with Crippen LogP contribution in [-0.2, 0) is 6.54 Å². The van der Waals surface area contributed by atoms with Crippen molar-refractivity contribution in [2.75, 3.05) is 0 Å². The predicted molar refractivity (Wildman–Crippen MR) is 61.6 cm³/mol. The zero-order valence-corrected chi connectivity index (χ0v) is 9.81. The smallest absolute Gasteiger partial charge is 0.0984 e. The number of aryl methyl sites for hydroxylation is 1. The molecule has 2 aromatic rings. The van der Waals surface area contributed by atoms with Gasteiger partial charge in [-0.15, -0.1) is 5.10 Å². The first-order chi connectivity index (χ1) is 7.85. The Morgan fingerprint density at radius 2 is 2.50 bits per heavy atom. The Morgan fingerprint density at radius 3 is 3.12 bits per heavy atom. The van der Waals surface area contributed by atoms with Gasteiger partial charge in [0.2, 0.25) is 0 Å².